The predicted molar refractivity (Wildman–Crippen MR) is 99.1 cm³/mol. The fourth-order valence-corrected chi connectivity index (χ4v) is 3.28. The Hall–Kier alpha value is -1.32. The number of hydrogen-bond acceptors (Lipinski definition) is 2. The van der Waals surface area contributed by atoms with E-state index in [4.69, 9.17) is 0 Å². The molecule has 0 spiro atoms. The molecule has 0 bridgehead atoms. The minimum Gasteiger partial charge on any atom is -0.426 e. The molecule has 1 aromatic rings. The summed E-state index contributed by atoms with van der Waals surface area (Å²) in [5, 5.41) is 19.3. The summed E-state index contributed by atoms with van der Waals surface area (Å²) < 4.78 is 0. The predicted octanol–water partition coefficient (Wildman–Crippen LogP) is 4.99. The van der Waals surface area contributed by atoms with Gasteiger partial charge in [0, 0.05) is 5.31 Å². The van der Waals surface area contributed by atoms with Crippen molar-refractivity contribution in [2.45, 2.75) is 63.6 Å². The normalized spacial score (nSPS) is 20.4. The zero-order valence-electron chi connectivity index (χ0n) is 14.2. The monoisotopic (exact) mass is 312 g/mol. The molecule has 0 saturated carbocycles. The summed E-state index contributed by atoms with van der Waals surface area (Å²) in [5.41, 5.74) is 2.36. The number of hydrogen-bond donors (Lipinski definition) is 2. The summed E-state index contributed by atoms with van der Waals surface area (Å²) in [5.74, 6) is 0. The molecule has 1 aromatic carbocycles. The van der Waals surface area contributed by atoms with Gasteiger partial charge in [0.25, 0.3) is 0 Å². The molecule has 2 N–H and O–H groups in total. The Morgan fingerprint density at radius 2 is 1.70 bits per heavy atom. The molecule has 0 aromatic heterocycles. The highest BCUT2D eigenvalue weighted by Crippen LogP contribution is 2.44. The standard InChI is InChI=1S/C20H29BO2/c1-2-3-4-5-6-10-15-20(21(22)23)16-13-19(14-17-20)18-11-8-7-9-12-18/h7-9,11-14,16,22-23H,2-6,10,15,17H2,1H3. The molecule has 0 radical (unpaired) electrons. The minimum absolute atomic E-state index is 0.511. The fourth-order valence-electron chi connectivity index (χ4n) is 3.28. The molecule has 23 heavy (non-hydrogen) atoms. The summed E-state index contributed by atoms with van der Waals surface area (Å²) in [6, 6.07) is 10.3. The summed E-state index contributed by atoms with van der Waals surface area (Å²) in [7, 11) is -1.29. The highest BCUT2D eigenvalue weighted by molar-refractivity contribution is 6.46. The van der Waals surface area contributed by atoms with Crippen molar-refractivity contribution in [1.29, 1.82) is 0 Å². The summed E-state index contributed by atoms with van der Waals surface area (Å²) in [6.45, 7) is 2.22. The first-order valence-electron chi connectivity index (χ1n) is 8.99. The second-order valence-corrected chi connectivity index (χ2v) is 6.69. The Morgan fingerprint density at radius 3 is 2.30 bits per heavy atom. The van der Waals surface area contributed by atoms with Crippen LogP contribution in [0.1, 0.15) is 63.9 Å². The molecule has 0 saturated heterocycles. The molecule has 3 heteroatoms. The molecule has 0 amide bonds. The van der Waals surface area contributed by atoms with Gasteiger partial charge in [-0.2, -0.15) is 0 Å². The largest absolute Gasteiger partial charge is 0.462 e. The number of unbranched alkanes of at least 4 members (excludes halogenated alkanes) is 5. The van der Waals surface area contributed by atoms with Crippen LogP contribution < -0.4 is 0 Å². The molecule has 1 aliphatic carbocycles. The van der Waals surface area contributed by atoms with Crippen LogP contribution in [0.2, 0.25) is 5.31 Å². The maximum absolute atomic E-state index is 9.90. The van der Waals surface area contributed by atoms with E-state index in [9.17, 15) is 10.0 Å². The smallest absolute Gasteiger partial charge is 0.426 e. The number of rotatable bonds is 9. The molecule has 2 rings (SSSR count). The van der Waals surface area contributed by atoms with Crippen LogP contribution >= 0.6 is 0 Å². The van der Waals surface area contributed by atoms with E-state index in [1.54, 1.807) is 0 Å². The zero-order chi connectivity index (χ0) is 16.5. The third kappa shape index (κ3) is 5.09. The van der Waals surface area contributed by atoms with Gasteiger partial charge in [-0.05, 0) is 24.0 Å². The van der Waals surface area contributed by atoms with Crippen LogP contribution in [0.25, 0.3) is 5.57 Å². The van der Waals surface area contributed by atoms with Gasteiger partial charge in [-0.3, -0.25) is 0 Å². The average molecular weight is 312 g/mol. The second-order valence-electron chi connectivity index (χ2n) is 6.69. The molecule has 2 nitrogen and oxygen atoms in total. The third-order valence-corrected chi connectivity index (χ3v) is 4.91. The maximum atomic E-state index is 9.90. The molecule has 124 valence electrons. The average Bonchev–Trinajstić information content (AvgIpc) is 2.59. The van der Waals surface area contributed by atoms with Gasteiger partial charge in [-0.25, -0.2) is 0 Å². The molecule has 1 atom stereocenters. The van der Waals surface area contributed by atoms with E-state index in [1.807, 2.05) is 24.3 Å². The van der Waals surface area contributed by atoms with E-state index in [0.717, 1.165) is 12.8 Å². The van der Waals surface area contributed by atoms with Crippen LogP contribution in [0.3, 0.4) is 0 Å². The number of benzene rings is 1. The third-order valence-electron chi connectivity index (χ3n) is 4.91. The SMILES string of the molecule is CCCCCCCCC1(B(O)O)C=CC(c2ccccc2)=CC1. The van der Waals surface area contributed by atoms with Gasteiger partial charge in [-0.15, -0.1) is 0 Å². The van der Waals surface area contributed by atoms with Crippen LogP contribution in [-0.4, -0.2) is 17.2 Å². The number of allylic oxidation sites excluding steroid dienone is 4. The Morgan fingerprint density at radius 1 is 1.00 bits per heavy atom. The van der Waals surface area contributed by atoms with Gasteiger partial charge in [0.1, 0.15) is 0 Å². The van der Waals surface area contributed by atoms with E-state index in [1.165, 1.54) is 43.2 Å². The first-order chi connectivity index (χ1) is 11.2. The molecule has 0 aliphatic heterocycles. The molecular weight excluding hydrogens is 283 g/mol. The Labute approximate surface area is 141 Å². The Bertz CT molecular complexity index is 522. The van der Waals surface area contributed by atoms with Crippen molar-refractivity contribution in [2.75, 3.05) is 0 Å². The van der Waals surface area contributed by atoms with E-state index in [-0.39, 0.29) is 0 Å². The lowest BCUT2D eigenvalue weighted by Crippen LogP contribution is -2.32. The lowest BCUT2D eigenvalue weighted by Gasteiger charge is -2.31. The van der Waals surface area contributed by atoms with Crippen LogP contribution in [0.15, 0.2) is 48.6 Å². The highest BCUT2D eigenvalue weighted by Gasteiger charge is 2.39. The quantitative estimate of drug-likeness (QED) is 0.498. The molecule has 0 heterocycles. The van der Waals surface area contributed by atoms with Gasteiger partial charge in [-0.1, -0.05) is 94.0 Å². The highest BCUT2D eigenvalue weighted by atomic mass is 16.4. The summed E-state index contributed by atoms with van der Waals surface area (Å²) >= 11 is 0. The first kappa shape index (κ1) is 18.0. The fraction of sp³-hybridized carbons (Fsp3) is 0.500. The van der Waals surface area contributed by atoms with Crippen molar-refractivity contribution in [2.24, 2.45) is 0 Å². The van der Waals surface area contributed by atoms with Gasteiger partial charge >= 0.3 is 7.12 Å². The lowest BCUT2D eigenvalue weighted by molar-refractivity contribution is 0.343. The van der Waals surface area contributed by atoms with Crippen LogP contribution in [0.4, 0.5) is 0 Å². The van der Waals surface area contributed by atoms with Crippen LogP contribution in [0, 0.1) is 0 Å². The van der Waals surface area contributed by atoms with Crippen molar-refractivity contribution in [3.05, 3.63) is 54.1 Å². The van der Waals surface area contributed by atoms with Gasteiger partial charge in [0.05, 0.1) is 0 Å². The summed E-state index contributed by atoms with van der Waals surface area (Å²) in [4.78, 5) is 0. The van der Waals surface area contributed by atoms with Crippen LogP contribution in [-0.2, 0) is 0 Å². The van der Waals surface area contributed by atoms with Gasteiger partial charge in [0.2, 0.25) is 0 Å². The summed E-state index contributed by atoms with van der Waals surface area (Å²) in [6.07, 6.45) is 15.1. The maximum Gasteiger partial charge on any atom is 0.462 e. The Balaban J connectivity index is 1.91. The van der Waals surface area contributed by atoms with Crippen LogP contribution in [0.5, 0.6) is 0 Å². The van der Waals surface area contributed by atoms with Crippen molar-refractivity contribution in [1.82, 2.24) is 0 Å². The lowest BCUT2D eigenvalue weighted by atomic mass is 9.52. The molecule has 0 fully saturated rings. The minimum atomic E-state index is -1.29. The van der Waals surface area contributed by atoms with Gasteiger partial charge < -0.3 is 10.0 Å². The van der Waals surface area contributed by atoms with Gasteiger partial charge in [0.15, 0.2) is 0 Å². The second kappa shape index (κ2) is 9.10. The van der Waals surface area contributed by atoms with Crippen molar-refractivity contribution in [3.8, 4) is 0 Å². The van der Waals surface area contributed by atoms with Crippen molar-refractivity contribution >= 4 is 12.7 Å². The van der Waals surface area contributed by atoms with Crippen molar-refractivity contribution < 1.29 is 10.0 Å². The van der Waals surface area contributed by atoms with E-state index >= 15 is 0 Å². The molecule has 1 unspecified atom stereocenters. The zero-order valence-corrected chi connectivity index (χ0v) is 14.2. The topological polar surface area (TPSA) is 40.5 Å². The van der Waals surface area contributed by atoms with E-state index in [0.29, 0.717) is 6.42 Å². The molecular formula is C20H29BO2. The van der Waals surface area contributed by atoms with E-state index < -0.39 is 12.4 Å². The Kier molecular flexibility index (Phi) is 7.13. The first-order valence-corrected chi connectivity index (χ1v) is 8.99. The molecule has 1 aliphatic rings. The van der Waals surface area contributed by atoms with E-state index in [2.05, 4.69) is 31.2 Å². The van der Waals surface area contributed by atoms with Crippen molar-refractivity contribution in [3.63, 3.8) is 0 Å².